The predicted molar refractivity (Wildman–Crippen MR) is 106 cm³/mol. The number of alkyl halides is 3. The molecule has 4 atom stereocenters. The molecule has 162 valence electrons. The Morgan fingerprint density at radius 3 is 2.40 bits per heavy atom. The van der Waals surface area contributed by atoms with Gasteiger partial charge in [-0.05, 0) is 56.7 Å². The Morgan fingerprint density at radius 2 is 1.77 bits per heavy atom. The van der Waals surface area contributed by atoms with Crippen molar-refractivity contribution in [1.82, 2.24) is 19.7 Å². The Labute approximate surface area is 174 Å². The van der Waals surface area contributed by atoms with E-state index in [2.05, 4.69) is 28.8 Å². The van der Waals surface area contributed by atoms with Crippen molar-refractivity contribution in [2.24, 2.45) is 11.8 Å². The number of hydrogen-bond donors (Lipinski definition) is 0. The summed E-state index contributed by atoms with van der Waals surface area (Å²) < 4.78 is 46.7. The summed E-state index contributed by atoms with van der Waals surface area (Å²) in [4.78, 5) is 6.39. The first kappa shape index (κ1) is 20.0. The van der Waals surface area contributed by atoms with Gasteiger partial charge >= 0.3 is 6.18 Å². The molecule has 2 unspecified atom stereocenters. The summed E-state index contributed by atoms with van der Waals surface area (Å²) in [7, 11) is 0. The molecule has 0 spiro atoms. The topological polar surface area (TPSA) is 43.2 Å². The lowest BCUT2D eigenvalue weighted by Crippen LogP contribution is -2.43. The maximum atomic E-state index is 13.1. The molecule has 2 aromatic heterocycles. The van der Waals surface area contributed by atoms with Crippen LogP contribution in [0.3, 0.4) is 0 Å². The molecule has 0 aromatic carbocycles. The van der Waals surface area contributed by atoms with Crippen LogP contribution in [0.5, 0.6) is 0 Å². The highest BCUT2D eigenvalue weighted by Gasteiger charge is 2.58. The van der Waals surface area contributed by atoms with Gasteiger partial charge in [-0.25, -0.2) is 4.98 Å². The monoisotopic (exact) mass is 420 g/mol. The molecule has 1 saturated heterocycles. The van der Waals surface area contributed by atoms with Gasteiger partial charge in [0.2, 0.25) is 0 Å². The lowest BCUT2D eigenvalue weighted by molar-refractivity contribution is -0.141. The second-order valence-electron chi connectivity index (χ2n) is 9.03. The number of ether oxygens (including phenoxy) is 1. The summed E-state index contributed by atoms with van der Waals surface area (Å²) in [6, 6.07) is 6.76. The lowest BCUT2D eigenvalue weighted by Gasteiger charge is -2.33. The van der Waals surface area contributed by atoms with E-state index in [0.29, 0.717) is 29.5 Å². The van der Waals surface area contributed by atoms with Gasteiger partial charge < -0.3 is 4.74 Å². The zero-order valence-electron chi connectivity index (χ0n) is 17.3. The van der Waals surface area contributed by atoms with Gasteiger partial charge in [-0.2, -0.15) is 18.3 Å². The zero-order valence-corrected chi connectivity index (χ0v) is 17.3. The van der Waals surface area contributed by atoms with Gasteiger partial charge in [0.25, 0.3) is 0 Å². The van der Waals surface area contributed by atoms with Crippen LogP contribution in [0.1, 0.15) is 50.0 Å². The fourth-order valence-electron chi connectivity index (χ4n) is 5.42. The van der Waals surface area contributed by atoms with Gasteiger partial charge in [0.05, 0.1) is 18.9 Å². The molecular weight excluding hydrogens is 393 g/mol. The van der Waals surface area contributed by atoms with E-state index in [4.69, 9.17) is 4.74 Å². The maximum absolute atomic E-state index is 13.1. The van der Waals surface area contributed by atoms with Crippen LogP contribution in [-0.2, 0) is 10.9 Å². The fourth-order valence-corrected chi connectivity index (χ4v) is 5.42. The first-order chi connectivity index (χ1) is 14.3. The van der Waals surface area contributed by atoms with Gasteiger partial charge in [-0.15, -0.1) is 0 Å². The predicted octanol–water partition coefficient (Wildman–Crippen LogP) is 4.37. The number of morpholine rings is 1. The maximum Gasteiger partial charge on any atom is 0.433 e. The molecule has 2 aromatic rings. The molecule has 3 fully saturated rings. The number of rotatable bonds is 4. The van der Waals surface area contributed by atoms with Gasteiger partial charge in [-0.1, -0.05) is 6.07 Å². The molecule has 5 nitrogen and oxygen atoms in total. The molecule has 5 rings (SSSR count). The molecule has 0 radical (unpaired) electrons. The van der Waals surface area contributed by atoms with E-state index in [1.807, 2.05) is 10.7 Å². The Bertz CT molecular complexity index is 907. The van der Waals surface area contributed by atoms with E-state index in [1.54, 1.807) is 6.07 Å². The largest absolute Gasteiger partial charge is 0.433 e. The van der Waals surface area contributed by atoms with Crippen molar-refractivity contribution in [1.29, 1.82) is 0 Å². The zero-order chi connectivity index (χ0) is 21.0. The van der Waals surface area contributed by atoms with Crippen molar-refractivity contribution in [3.8, 4) is 11.4 Å². The first-order valence-corrected chi connectivity index (χ1v) is 10.8. The second-order valence-corrected chi connectivity index (χ2v) is 9.03. The highest BCUT2D eigenvalue weighted by Crippen LogP contribution is 2.64. The number of pyridine rings is 1. The molecule has 2 aliphatic carbocycles. The van der Waals surface area contributed by atoms with Crippen LogP contribution in [0.15, 0.2) is 24.3 Å². The SMILES string of the molecule is CC(C)n1nc(-c2cccc(C(F)(F)F)n2)cc1C1[C@H]2CC(N3CCOCC3)C[C@@H]12. The Hall–Kier alpha value is -1.93. The van der Waals surface area contributed by atoms with Crippen LogP contribution in [0, 0.1) is 11.8 Å². The third kappa shape index (κ3) is 3.54. The molecule has 1 aliphatic heterocycles. The van der Waals surface area contributed by atoms with E-state index in [1.165, 1.54) is 18.9 Å². The molecule has 3 heterocycles. The van der Waals surface area contributed by atoms with Crippen molar-refractivity contribution >= 4 is 0 Å². The Balaban J connectivity index is 1.37. The van der Waals surface area contributed by atoms with Crippen LogP contribution in [0.25, 0.3) is 11.4 Å². The minimum Gasteiger partial charge on any atom is -0.379 e. The Kier molecular flexibility index (Phi) is 4.89. The molecule has 3 aliphatic rings. The third-order valence-electron chi connectivity index (χ3n) is 6.88. The third-order valence-corrected chi connectivity index (χ3v) is 6.88. The highest BCUT2D eigenvalue weighted by molar-refractivity contribution is 5.55. The number of hydrogen-bond acceptors (Lipinski definition) is 4. The number of fused-ring (bicyclic) bond motifs is 1. The van der Waals surface area contributed by atoms with Crippen LogP contribution in [0.4, 0.5) is 13.2 Å². The molecule has 2 saturated carbocycles. The van der Waals surface area contributed by atoms with Crippen LogP contribution in [-0.4, -0.2) is 52.0 Å². The Morgan fingerprint density at radius 1 is 1.07 bits per heavy atom. The molecule has 0 amide bonds. The number of halogens is 3. The highest BCUT2D eigenvalue weighted by atomic mass is 19.4. The van der Waals surface area contributed by atoms with E-state index in [0.717, 1.165) is 38.1 Å². The van der Waals surface area contributed by atoms with Crippen LogP contribution in [0.2, 0.25) is 0 Å². The lowest BCUT2D eigenvalue weighted by atomic mass is 10.0. The van der Waals surface area contributed by atoms with Gasteiger partial charge in [-0.3, -0.25) is 9.58 Å². The van der Waals surface area contributed by atoms with Crippen molar-refractivity contribution < 1.29 is 17.9 Å². The van der Waals surface area contributed by atoms with Crippen LogP contribution < -0.4 is 0 Å². The summed E-state index contributed by atoms with van der Waals surface area (Å²) in [5.41, 5.74) is 1.08. The standard InChI is InChI=1S/C22H27F3N4O/c1-13(2)29-19(12-18(27-29)17-4-3-5-20(26-17)22(23,24)25)21-15-10-14(11-16(15)21)28-6-8-30-9-7-28/h3-5,12-16,21H,6-11H2,1-2H3/t14?,15-,16+,21?. The van der Waals surface area contributed by atoms with Gasteiger partial charge in [0, 0.05) is 36.8 Å². The summed E-state index contributed by atoms with van der Waals surface area (Å²) in [6.45, 7) is 7.81. The fraction of sp³-hybridized carbons (Fsp3) is 0.636. The summed E-state index contributed by atoms with van der Waals surface area (Å²) in [6.07, 6.45) is -2.08. The van der Waals surface area contributed by atoms with Gasteiger partial charge in [0.15, 0.2) is 0 Å². The first-order valence-electron chi connectivity index (χ1n) is 10.8. The van der Waals surface area contributed by atoms with Crippen molar-refractivity contribution in [2.75, 3.05) is 26.3 Å². The summed E-state index contributed by atoms with van der Waals surface area (Å²) in [5.74, 6) is 1.75. The van der Waals surface area contributed by atoms with E-state index in [9.17, 15) is 13.2 Å². The van der Waals surface area contributed by atoms with Crippen molar-refractivity contribution in [3.05, 3.63) is 35.7 Å². The van der Waals surface area contributed by atoms with Crippen molar-refractivity contribution in [3.63, 3.8) is 0 Å². The molecular formula is C22H27F3N4O. The quantitative estimate of drug-likeness (QED) is 0.737. The minimum absolute atomic E-state index is 0.149. The molecule has 8 heteroatoms. The second kappa shape index (κ2) is 7.34. The van der Waals surface area contributed by atoms with E-state index in [-0.39, 0.29) is 11.7 Å². The van der Waals surface area contributed by atoms with E-state index < -0.39 is 11.9 Å². The minimum atomic E-state index is -4.46. The van der Waals surface area contributed by atoms with Crippen LogP contribution >= 0.6 is 0 Å². The number of nitrogens with zero attached hydrogens (tertiary/aromatic N) is 4. The van der Waals surface area contributed by atoms with Crippen molar-refractivity contribution in [2.45, 2.75) is 50.9 Å². The average Bonchev–Trinajstić information content (AvgIpc) is 3.10. The molecule has 0 N–H and O–H groups in total. The van der Waals surface area contributed by atoms with Gasteiger partial charge in [0.1, 0.15) is 11.4 Å². The molecule has 0 bridgehead atoms. The normalized spacial score (nSPS) is 29.4. The average molecular weight is 420 g/mol. The smallest absolute Gasteiger partial charge is 0.379 e. The van der Waals surface area contributed by atoms with E-state index >= 15 is 0 Å². The summed E-state index contributed by atoms with van der Waals surface area (Å²) >= 11 is 0. The number of aromatic nitrogens is 3. The summed E-state index contributed by atoms with van der Waals surface area (Å²) in [5, 5.41) is 4.66. The molecule has 30 heavy (non-hydrogen) atoms.